The molecule has 2 aromatic carbocycles. The zero-order valence-corrected chi connectivity index (χ0v) is 15.8. The first-order valence-electron chi connectivity index (χ1n) is 9.43. The number of non-ortho nitro benzene ring substituents is 1. The predicted molar refractivity (Wildman–Crippen MR) is 107 cm³/mol. The van der Waals surface area contributed by atoms with Crippen molar-refractivity contribution in [2.45, 2.75) is 0 Å². The van der Waals surface area contributed by atoms with Crippen molar-refractivity contribution in [3.8, 4) is 17.1 Å². The van der Waals surface area contributed by atoms with Gasteiger partial charge in [-0.25, -0.2) is 4.63 Å². The minimum absolute atomic E-state index is 0.113. The van der Waals surface area contributed by atoms with Gasteiger partial charge in [0.05, 0.1) is 4.92 Å². The number of ether oxygens (including phenoxy) is 1. The van der Waals surface area contributed by atoms with Gasteiger partial charge in [-0.15, -0.1) is 0 Å². The first kappa shape index (κ1) is 18.9. The van der Waals surface area contributed by atoms with Gasteiger partial charge in [0.1, 0.15) is 6.61 Å². The van der Waals surface area contributed by atoms with E-state index in [1.54, 1.807) is 24.3 Å². The molecule has 0 radical (unpaired) electrons. The third-order valence-corrected chi connectivity index (χ3v) is 4.95. The predicted octanol–water partition coefficient (Wildman–Crippen LogP) is 2.85. The lowest BCUT2D eigenvalue weighted by Gasteiger charge is -2.35. The van der Waals surface area contributed by atoms with Gasteiger partial charge in [-0.05, 0) is 22.4 Å². The Morgan fingerprint density at radius 3 is 2.41 bits per heavy atom. The highest BCUT2D eigenvalue weighted by Gasteiger charge is 2.19. The van der Waals surface area contributed by atoms with Crippen LogP contribution in [0.4, 0.5) is 11.4 Å². The van der Waals surface area contributed by atoms with Crippen LogP contribution in [0.1, 0.15) is 0 Å². The van der Waals surface area contributed by atoms with Crippen LogP contribution in [0.3, 0.4) is 0 Å². The largest absolute Gasteiger partial charge is 0.473 e. The van der Waals surface area contributed by atoms with Crippen molar-refractivity contribution in [2.24, 2.45) is 0 Å². The molecule has 1 saturated heterocycles. The van der Waals surface area contributed by atoms with Crippen molar-refractivity contribution in [3.05, 3.63) is 64.7 Å². The molecule has 0 unspecified atom stereocenters. The number of hydrogen-bond acceptors (Lipinski definition) is 8. The Morgan fingerprint density at radius 1 is 1.00 bits per heavy atom. The molecule has 150 valence electrons. The second kappa shape index (κ2) is 8.70. The lowest BCUT2D eigenvalue weighted by molar-refractivity contribution is -0.384. The molecule has 2 heterocycles. The summed E-state index contributed by atoms with van der Waals surface area (Å²) in [5.41, 5.74) is 2.63. The molecule has 29 heavy (non-hydrogen) atoms. The summed E-state index contributed by atoms with van der Waals surface area (Å²) in [6.07, 6.45) is 0. The van der Waals surface area contributed by atoms with Gasteiger partial charge in [0.2, 0.25) is 0 Å². The first-order chi connectivity index (χ1) is 14.2. The quantitative estimate of drug-likeness (QED) is 0.445. The number of anilines is 1. The van der Waals surface area contributed by atoms with Gasteiger partial charge in [0.15, 0.2) is 5.69 Å². The van der Waals surface area contributed by atoms with Crippen LogP contribution in [0, 0.1) is 10.1 Å². The number of piperazine rings is 1. The van der Waals surface area contributed by atoms with Gasteiger partial charge < -0.3 is 9.64 Å². The van der Waals surface area contributed by atoms with Gasteiger partial charge in [0.25, 0.3) is 11.6 Å². The average Bonchev–Trinajstić information content (AvgIpc) is 3.23. The molecular formula is C20H21N5O4. The summed E-state index contributed by atoms with van der Waals surface area (Å²) in [5.74, 6) is 0.403. The summed E-state index contributed by atoms with van der Waals surface area (Å²) < 4.78 is 10.6. The molecule has 0 spiro atoms. The van der Waals surface area contributed by atoms with Gasteiger partial charge in [-0.3, -0.25) is 15.0 Å². The van der Waals surface area contributed by atoms with Crippen LogP contribution >= 0.6 is 0 Å². The number of nitro benzene ring substituents is 1. The van der Waals surface area contributed by atoms with Crippen LogP contribution in [0.2, 0.25) is 0 Å². The maximum absolute atomic E-state index is 10.8. The Bertz CT molecular complexity index is 937. The SMILES string of the molecule is O=[N+]([O-])c1ccc(N2CCN(CCOc3nonc3-c3ccccc3)CC2)cc1. The zero-order valence-electron chi connectivity index (χ0n) is 15.8. The summed E-state index contributed by atoms with van der Waals surface area (Å²) >= 11 is 0. The standard InChI is InChI=1S/C20H21N5O4/c26-25(27)18-8-6-17(7-9-18)24-12-10-23(11-13-24)14-15-28-20-19(21-29-22-20)16-4-2-1-3-5-16/h1-9H,10-15H2. The van der Waals surface area contributed by atoms with Gasteiger partial charge in [0, 0.05) is 56.1 Å². The monoisotopic (exact) mass is 395 g/mol. The Morgan fingerprint density at radius 2 is 1.72 bits per heavy atom. The van der Waals surface area contributed by atoms with Crippen molar-refractivity contribution >= 4 is 11.4 Å². The van der Waals surface area contributed by atoms with E-state index < -0.39 is 0 Å². The molecular weight excluding hydrogens is 374 g/mol. The number of hydrogen-bond donors (Lipinski definition) is 0. The van der Waals surface area contributed by atoms with E-state index >= 15 is 0 Å². The molecule has 0 N–H and O–H groups in total. The zero-order chi connectivity index (χ0) is 20.1. The highest BCUT2D eigenvalue weighted by Crippen LogP contribution is 2.25. The van der Waals surface area contributed by atoms with E-state index in [4.69, 9.17) is 9.37 Å². The van der Waals surface area contributed by atoms with Crippen LogP contribution in [-0.4, -0.2) is 59.5 Å². The van der Waals surface area contributed by atoms with Crippen molar-refractivity contribution in [1.82, 2.24) is 15.2 Å². The molecule has 0 bridgehead atoms. The van der Waals surface area contributed by atoms with Gasteiger partial charge in [-0.1, -0.05) is 30.3 Å². The number of nitro groups is 1. The normalized spacial score (nSPS) is 14.7. The fourth-order valence-electron chi connectivity index (χ4n) is 3.33. The van der Waals surface area contributed by atoms with Crippen LogP contribution in [0.5, 0.6) is 5.88 Å². The second-order valence-electron chi connectivity index (χ2n) is 6.73. The van der Waals surface area contributed by atoms with Crippen LogP contribution in [0.25, 0.3) is 11.3 Å². The Kier molecular flexibility index (Phi) is 5.66. The molecule has 0 atom stereocenters. The maximum Gasteiger partial charge on any atom is 0.283 e. The molecule has 4 rings (SSSR count). The Balaban J connectivity index is 1.25. The molecule has 9 nitrogen and oxygen atoms in total. The molecule has 1 aliphatic heterocycles. The fourth-order valence-corrected chi connectivity index (χ4v) is 3.33. The molecule has 1 aromatic heterocycles. The summed E-state index contributed by atoms with van der Waals surface area (Å²) in [7, 11) is 0. The molecule has 0 saturated carbocycles. The number of nitrogens with zero attached hydrogens (tertiary/aromatic N) is 5. The number of benzene rings is 2. The van der Waals surface area contributed by atoms with E-state index in [0.29, 0.717) is 18.2 Å². The van der Waals surface area contributed by atoms with E-state index in [9.17, 15) is 10.1 Å². The Hall–Kier alpha value is -3.46. The maximum atomic E-state index is 10.8. The fraction of sp³-hybridized carbons (Fsp3) is 0.300. The molecule has 9 heteroatoms. The van der Waals surface area contributed by atoms with E-state index in [2.05, 4.69) is 20.1 Å². The topological polar surface area (TPSA) is 97.8 Å². The van der Waals surface area contributed by atoms with Crippen molar-refractivity contribution < 1.29 is 14.3 Å². The molecule has 3 aromatic rings. The Labute approximate surface area is 167 Å². The highest BCUT2D eigenvalue weighted by molar-refractivity contribution is 5.63. The third kappa shape index (κ3) is 4.52. The van der Waals surface area contributed by atoms with E-state index in [-0.39, 0.29) is 10.6 Å². The first-order valence-corrected chi connectivity index (χ1v) is 9.43. The third-order valence-electron chi connectivity index (χ3n) is 4.95. The molecule has 0 aliphatic carbocycles. The van der Waals surface area contributed by atoms with Crippen LogP contribution < -0.4 is 9.64 Å². The van der Waals surface area contributed by atoms with Gasteiger partial charge in [-0.2, -0.15) is 0 Å². The van der Waals surface area contributed by atoms with Crippen molar-refractivity contribution in [2.75, 3.05) is 44.2 Å². The second-order valence-corrected chi connectivity index (χ2v) is 6.73. The van der Waals surface area contributed by atoms with Crippen molar-refractivity contribution in [3.63, 3.8) is 0 Å². The average molecular weight is 395 g/mol. The molecule has 1 aliphatic rings. The minimum atomic E-state index is -0.380. The molecule has 0 amide bonds. The van der Waals surface area contributed by atoms with E-state index in [1.807, 2.05) is 30.3 Å². The summed E-state index contributed by atoms with van der Waals surface area (Å²) in [5, 5.41) is 18.6. The summed E-state index contributed by atoms with van der Waals surface area (Å²) in [6.45, 7) is 4.77. The lowest BCUT2D eigenvalue weighted by atomic mass is 10.2. The van der Waals surface area contributed by atoms with Crippen LogP contribution in [0.15, 0.2) is 59.2 Å². The lowest BCUT2D eigenvalue weighted by Crippen LogP contribution is -2.47. The smallest absolute Gasteiger partial charge is 0.283 e. The number of aromatic nitrogens is 2. The van der Waals surface area contributed by atoms with Crippen molar-refractivity contribution in [1.29, 1.82) is 0 Å². The minimum Gasteiger partial charge on any atom is -0.473 e. The van der Waals surface area contributed by atoms with Gasteiger partial charge >= 0.3 is 0 Å². The summed E-state index contributed by atoms with van der Waals surface area (Å²) in [4.78, 5) is 14.9. The van der Waals surface area contributed by atoms with Crippen LogP contribution in [-0.2, 0) is 0 Å². The highest BCUT2D eigenvalue weighted by atomic mass is 16.6. The summed E-state index contributed by atoms with van der Waals surface area (Å²) in [6, 6.07) is 16.4. The van der Waals surface area contributed by atoms with E-state index in [0.717, 1.165) is 44.0 Å². The van der Waals surface area contributed by atoms with E-state index in [1.165, 1.54) is 0 Å². The number of rotatable bonds is 7. The molecule has 1 fully saturated rings.